The third-order valence-electron chi connectivity index (χ3n) is 2.96. The van der Waals surface area contributed by atoms with Crippen LogP contribution < -0.4 is 4.74 Å². The number of aliphatic hydroxyl groups is 1. The first-order valence-corrected chi connectivity index (χ1v) is 6.49. The molecule has 2 nitrogen and oxygen atoms in total. The summed E-state index contributed by atoms with van der Waals surface area (Å²) >= 11 is 3.39. The maximum Gasteiger partial charge on any atom is 0.119 e. The van der Waals surface area contributed by atoms with Gasteiger partial charge in [0, 0.05) is 4.47 Å². The van der Waals surface area contributed by atoms with Crippen LogP contribution in [0.4, 0.5) is 0 Å². The van der Waals surface area contributed by atoms with Gasteiger partial charge in [-0.25, -0.2) is 0 Å². The van der Waals surface area contributed by atoms with E-state index in [-0.39, 0.29) is 0 Å². The lowest BCUT2D eigenvalue weighted by atomic mass is 9.97. The zero-order valence-electron chi connectivity index (χ0n) is 10.4. The van der Waals surface area contributed by atoms with Gasteiger partial charge in [0.15, 0.2) is 0 Å². The van der Waals surface area contributed by atoms with Crippen LogP contribution in [0.3, 0.4) is 0 Å². The van der Waals surface area contributed by atoms with Crippen molar-refractivity contribution in [3.63, 3.8) is 0 Å². The lowest BCUT2D eigenvalue weighted by Crippen LogP contribution is -2.02. The molecule has 94 valence electrons. The summed E-state index contributed by atoms with van der Waals surface area (Å²) in [5.41, 5.74) is 2.80. The van der Waals surface area contributed by atoms with Crippen molar-refractivity contribution >= 4 is 15.9 Å². The van der Waals surface area contributed by atoms with Crippen molar-refractivity contribution in [3.8, 4) is 5.75 Å². The summed E-state index contributed by atoms with van der Waals surface area (Å²) in [6, 6.07) is 13.4. The Balaban J connectivity index is 2.33. The second-order valence-corrected chi connectivity index (χ2v) is 5.09. The molecule has 0 heterocycles. The van der Waals surface area contributed by atoms with Crippen molar-refractivity contribution in [1.29, 1.82) is 0 Å². The van der Waals surface area contributed by atoms with Gasteiger partial charge in [-0.3, -0.25) is 0 Å². The minimum absolute atomic E-state index is 0.607. The fraction of sp³-hybridized carbons (Fsp3) is 0.200. The van der Waals surface area contributed by atoms with Crippen LogP contribution in [0.1, 0.15) is 22.8 Å². The summed E-state index contributed by atoms with van der Waals surface area (Å²) in [6.45, 7) is 1.97. The van der Waals surface area contributed by atoms with Crippen LogP contribution >= 0.6 is 15.9 Å². The minimum atomic E-state index is -0.607. The molecule has 2 aromatic carbocycles. The van der Waals surface area contributed by atoms with Crippen LogP contribution in [0, 0.1) is 6.92 Å². The highest BCUT2D eigenvalue weighted by Crippen LogP contribution is 2.28. The van der Waals surface area contributed by atoms with Crippen molar-refractivity contribution in [3.05, 3.63) is 63.6 Å². The van der Waals surface area contributed by atoms with Gasteiger partial charge < -0.3 is 9.84 Å². The first-order valence-electron chi connectivity index (χ1n) is 5.70. The summed E-state index contributed by atoms with van der Waals surface area (Å²) in [5.74, 6) is 0.805. The van der Waals surface area contributed by atoms with E-state index in [2.05, 4.69) is 15.9 Å². The predicted molar refractivity (Wildman–Crippen MR) is 75.9 cm³/mol. The van der Waals surface area contributed by atoms with Gasteiger partial charge in [-0.2, -0.15) is 0 Å². The number of halogens is 1. The molecule has 0 spiro atoms. The zero-order chi connectivity index (χ0) is 13.1. The van der Waals surface area contributed by atoms with Gasteiger partial charge in [-0.1, -0.05) is 34.1 Å². The Morgan fingerprint density at radius 2 is 1.78 bits per heavy atom. The molecule has 2 aromatic rings. The van der Waals surface area contributed by atoms with Gasteiger partial charge in [0.25, 0.3) is 0 Å². The fourth-order valence-corrected chi connectivity index (χ4v) is 2.17. The van der Waals surface area contributed by atoms with Crippen molar-refractivity contribution < 1.29 is 9.84 Å². The predicted octanol–water partition coefficient (Wildman–Crippen LogP) is 3.85. The molecule has 18 heavy (non-hydrogen) atoms. The summed E-state index contributed by atoms with van der Waals surface area (Å²) in [4.78, 5) is 0. The topological polar surface area (TPSA) is 29.5 Å². The molecule has 0 aromatic heterocycles. The highest BCUT2D eigenvalue weighted by atomic mass is 79.9. The number of ether oxygens (including phenoxy) is 1. The molecule has 3 heteroatoms. The molecule has 0 amide bonds. The maximum atomic E-state index is 10.4. The molecule has 1 atom stereocenters. The van der Waals surface area contributed by atoms with E-state index in [9.17, 15) is 5.11 Å². The average Bonchev–Trinajstić information content (AvgIpc) is 2.38. The number of rotatable bonds is 3. The highest BCUT2D eigenvalue weighted by molar-refractivity contribution is 9.10. The van der Waals surface area contributed by atoms with Gasteiger partial charge >= 0.3 is 0 Å². The molecule has 0 saturated heterocycles. The van der Waals surface area contributed by atoms with Crippen molar-refractivity contribution in [2.45, 2.75) is 13.0 Å². The summed E-state index contributed by atoms with van der Waals surface area (Å²) in [6.07, 6.45) is -0.607. The van der Waals surface area contributed by atoms with E-state index in [1.54, 1.807) is 7.11 Å². The Bertz CT molecular complexity index is 535. The first kappa shape index (κ1) is 13.1. The van der Waals surface area contributed by atoms with E-state index in [1.165, 1.54) is 0 Å². The van der Waals surface area contributed by atoms with Gasteiger partial charge in [0.2, 0.25) is 0 Å². The molecule has 0 aliphatic carbocycles. The highest BCUT2D eigenvalue weighted by Gasteiger charge is 2.13. The van der Waals surface area contributed by atoms with Crippen molar-refractivity contribution in [2.24, 2.45) is 0 Å². The number of hydrogen-bond acceptors (Lipinski definition) is 2. The van der Waals surface area contributed by atoms with Crippen LogP contribution in [0.25, 0.3) is 0 Å². The molecule has 0 aliphatic heterocycles. The molecule has 2 rings (SSSR count). The molecule has 0 unspecified atom stereocenters. The lowest BCUT2D eigenvalue weighted by molar-refractivity contribution is 0.219. The second kappa shape index (κ2) is 5.55. The summed E-state index contributed by atoms with van der Waals surface area (Å²) < 4.78 is 6.17. The Labute approximate surface area is 115 Å². The van der Waals surface area contributed by atoms with E-state index in [0.29, 0.717) is 0 Å². The molecular weight excluding hydrogens is 292 g/mol. The minimum Gasteiger partial charge on any atom is -0.497 e. The Morgan fingerprint density at radius 1 is 1.11 bits per heavy atom. The van der Waals surface area contributed by atoms with Crippen molar-refractivity contribution in [2.75, 3.05) is 7.11 Å². The number of aliphatic hydroxyl groups excluding tert-OH is 1. The lowest BCUT2D eigenvalue weighted by Gasteiger charge is -2.15. The standard InChI is InChI=1S/C15H15BrO2/c1-10-9-13(18-2)7-8-14(10)15(17)11-3-5-12(16)6-4-11/h3-9,15,17H,1-2H3/t15-/m1/s1. The molecule has 0 fully saturated rings. The van der Waals surface area contributed by atoms with E-state index in [4.69, 9.17) is 4.74 Å². The number of methoxy groups -OCH3 is 1. The first-order chi connectivity index (χ1) is 8.61. The molecule has 1 N–H and O–H groups in total. The van der Waals surface area contributed by atoms with Gasteiger partial charge in [0.05, 0.1) is 7.11 Å². The Hall–Kier alpha value is -1.32. The normalized spacial score (nSPS) is 12.2. The zero-order valence-corrected chi connectivity index (χ0v) is 11.9. The van der Waals surface area contributed by atoms with Crippen LogP contribution in [-0.2, 0) is 0 Å². The average molecular weight is 307 g/mol. The van der Waals surface area contributed by atoms with E-state index in [1.807, 2.05) is 49.4 Å². The summed E-state index contributed by atoms with van der Waals surface area (Å²) in [5, 5.41) is 10.4. The van der Waals surface area contributed by atoms with Crippen LogP contribution in [0.5, 0.6) is 5.75 Å². The molecule has 0 radical (unpaired) electrons. The van der Waals surface area contributed by atoms with E-state index >= 15 is 0 Å². The summed E-state index contributed by atoms with van der Waals surface area (Å²) in [7, 11) is 1.64. The van der Waals surface area contributed by atoms with Gasteiger partial charge in [-0.05, 0) is 47.9 Å². The van der Waals surface area contributed by atoms with Gasteiger partial charge in [-0.15, -0.1) is 0 Å². The molecule has 0 aliphatic rings. The van der Waals surface area contributed by atoms with E-state index in [0.717, 1.165) is 26.9 Å². The molecular formula is C15H15BrO2. The third kappa shape index (κ3) is 2.74. The second-order valence-electron chi connectivity index (χ2n) is 4.18. The van der Waals surface area contributed by atoms with Crippen LogP contribution in [0.2, 0.25) is 0 Å². The molecule has 0 bridgehead atoms. The smallest absolute Gasteiger partial charge is 0.119 e. The van der Waals surface area contributed by atoms with Gasteiger partial charge in [0.1, 0.15) is 11.9 Å². The quantitative estimate of drug-likeness (QED) is 0.933. The van der Waals surface area contributed by atoms with Crippen LogP contribution in [-0.4, -0.2) is 12.2 Å². The number of aryl methyl sites for hydroxylation is 1. The van der Waals surface area contributed by atoms with Crippen LogP contribution in [0.15, 0.2) is 46.9 Å². The largest absolute Gasteiger partial charge is 0.497 e. The van der Waals surface area contributed by atoms with Crippen molar-refractivity contribution in [1.82, 2.24) is 0 Å². The monoisotopic (exact) mass is 306 g/mol. The van der Waals surface area contributed by atoms with E-state index < -0.39 is 6.10 Å². The number of benzene rings is 2. The SMILES string of the molecule is COc1ccc([C@H](O)c2ccc(Br)cc2)c(C)c1. The molecule has 0 saturated carbocycles. The fourth-order valence-electron chi connectivity index (χ4n) is 1.91. The Morgan fingerprint density at radius 3 is 2.33 bits per heavy atom. The Kier molecular flexibility index (Phi) is 4.04. The number of hydrogen-bond donors (Lipinski definition) is 1. The third-order valence-corrected chi connectivity index (χ3v) is 3.49. The maximum absolute atomic E-state index is 10.4.